The van der Waals surface area contributed by atoms with E-state index in [0.29, 0.717) is 21.5 Å². The predicted octanol–water partition coefficient (Wildman–Crippen LogP) is 6.45. The third-order valence-corrected chi connectivity index (χ3v) is 5.71. The second-order valence-corrected chi connectivity index (χ2v) is 7.92. The number of nitrogens with two attached hydrogens (primary N) is 1. The molecule has 3 aromatic rings. The van der Waals surface area contributed by atoms with Gasteiger partial charge in [-0.25, -0.2) is 9.18 Å². The van der Waals surface area contributed by atoms with Gasteiger partial charge < -0.3 is 20.5 Å². The number of hydrogen-bond donors (Lipinski definition) is 2. The van der Waals surface area contributed by atoms with E-state index in [4.69, 9.17) is 38.4 Å². The Morgan fingerprint density at radius 3 is 2.62 bits per heavy atom. The number of esters is 1. The molecular formula is C20H17Cl2FN2O3S. The molecule has 0 fully saturated rings. The van der Waals surface area contributed by atoms with Crippen molar-refractivity contribution in [2.24, 2.45) is 0 Å². The van der Waals surface area contributed by atoms with Crippen molar-refractivity contribution in [2.75, 3.05) is 18.2 Å². The molecule has 0 saturated heterocycles. The Kier molecular flexibility index (Phi) is 6.52. The largest absolute Gasteiger partial charge is 0.484 e. The second-order valence-electron chi connectivity index (χ2n) is 6.06. The number of benzene rings is 2. The van der Waals surface area contributed by atoms with Crippen LogP contribution in [-0.2, 0) is 4.74 Å². The molecule has 1 heterocycles. The highest BCUT2D eigenvalue weighted by atomic mass is 35.5. The van der Waals surface area contributed by atoms with Crippen LogP contribution in [0.2, 0.25) is 10.0 Å². The summed E-state index contributed by atoms with van der Waals surface area (Å²) in [5, 5.41) is 3.98. The van der Waals surface area contributed by atoms with Gasteiger partial charge in [-0.05, 0) is 19.1 Å². The third kappa shape index (κ3) is 4.75. The molecule has 0 amide bonds. The third-order valence-electron chi connectivity index (χ3n) is 4.07. The number of halogens is 3. The summed E-state index contributed by atoms with van der Waals surface area (Å²) in [6.45, 7) is 1.82. The van der Waals surface area contributed by atoms with Crippen LogP contribution in [0, 0.1) is 5.82 Å². The van der Waals surface area contributed by atoms with Crippen LogP contribution in [-0.4, -0.2) is 13.1 Å². The molecule has 1 aromatic heterocycles. The number of rotatable bonds is 6. The quantitative estimate of drug-likeness (QED) is 0.330. The number of hydrogen-bond acceptors (Lipinski definition) is 6. The van der Waals surface area contributed by atoms with E-state index in [0.717, 1.165) is 16.9 Å². The van der Waals surface area contributed by atoms with Crippen molar-refractivity contribution in [2.45, 2.75) is 13.0 Å². The van der Waals surface area contributed by atoms with Crippen LogP contribution in [0.4, 0.5) is 20.8 Å². The number of anilines is 3. The summed E-state index contributed by atoms with van der Waals surface area (Å²) >= 11 is 13.1. The first-order valence-corrected chi connectivity index (χ1v) is 10.0. The number of nitrogens with one attached hydrogen (secondary N) is 1. The molecule has 3 N–H and O–H groups in total. The molecule has 0 aliphatic heterocycles. The molecule has 9 heteroatoms. The summed E-state index contributed by atoms with van der Waals surface area (Å²) in [5.41, 5.74) is 7.24. The first-order chi connectivity index (χ1) is 13.8. The SMILES string of the molecule is COC(=O)c1sc(Nc2cc(F)c(Cl)cc2N)cc1O[C@H](C)c1ccccc1Cl. The molecule has 2 aromatic carbocycles. The van der Waals surface area contributed by atoms with E-state index in [2.05, 4.69) is 5.32 Å². The lowest BCUT2D eigenvalue weighted by atomic mass is 10.1. The van der Waals surface area contributed by atoms with E-state index >= 15 is 0 Å². The summed E-state index contributed by atoms with van der Waals surface area (Å²) in [6.07, 6.45) is -0.424. The number of ether oxygens (including phenoxy) is 2. The van der Waals surface area contributed by atoms with Crippen LogP contribution in [0.5, 0.6) is 5.75 Å². The molecule has 0 unspecified atom stereocenters. The van der Waals surface area contributed by atoms with Gasteiger partial charge in [-0.2, -0.15) is 0 Å². The molecule has 3 rings (SSSR count). The van der Waals surface area contributed by atoms with Crippen LogP contribution in [0.1, 0.15) is 28.3 Å². The summed E-state index contributed by atoms with van der Waals surface area (Å²) in [5.74, 6) is -0.860. The summed E-state index contributed by atoms with van der Waals surface area (Å²) in [7, 11) is 1.28. The molecule has 0 radical (unpaired) electrons. The van der Waals surface area contributed by atoms with Crippen molar-refractivity contribution < 1.29 is 18.7 Å². The van der Waals surface area contributed by atoms with Crippen molar-refractivity contribution in [3.05, 3.63) is 68.8 Å². The maximum Gasteiger partial charge on any atom is 0.351 e. The standard InChI is InChI=1S/C20H17Cl2FN2O3S/c1-10(11-5-3-4-6-12(11)21)28-17-9-18(29-19(17)20(26)27-2)25-16-8-14(23)13(22)7-15(16)24/h3-10,25H,24H2,1-2H3/t10-/m1/s1. The van der Waals surface area contributed by atoms with E-state index < -0.39 is 17.9 Å². The zero-order valence-electron chi connectivity index (χ0n) is 15.5. The van der Waals surface area contributed by atoms with Gasteiger partial charge in [-0.1, -0.05) is 41.4 Å². The molecule has 152 valence electrons. The van der Waals surface area contributed by atoms with Crippen molar-refractivity contribution in [3.63, 3.8) is 0 Å². The molecule has 0 aliphatic carbocycles. The zero-order valence-corrected chi connectivity index (χ0v) is 17.8. The minimum Gasteiger partial charge on any atom is -0.484 e. The Bertz CT molecular complexity index is 1060. The predicted molar refractivity (Wildman–Crippen MR) is 115 cm³/mol. The van der Waals surface area contributed by atoms with Gasteiger partial charge in [0.05, 0.1) is 28.5 Å². The van der Waals surface area contributed by atoms with Crippen LogP contribution in [0.3, 0.4) is 0 Å². The molecule has 5 nitrogen and oxygen atoms in total. The first kappa shape index (κ1) is 21.2. The van der Waals surface area contributed by atoms with Crippen LogP contribution < -0.4 is 15.8 Å². The fourth-order valence-electron chi connectivity index (χ4n) is 2.62. The highest BCUT2D eigenvalue weighted by Gasteiger charge is 2.22. The van der Waals surface area contributed by atoms with E-state index in [-0.39, 0.29) is 15.6 Å². The van der Waals surface area contributed by atoms with E-state index in [1.807, 2.05) is 25.1 Å². The van der Waals surface area contributed by atoms with Gasteiger partial charge in [-0.3, -0.25) is 0 Å². The Morgan fingerprint density at radius 2 is 1.93 bits per heavy atom. The lowest BCUT2D eigenvalue weighted by molar-refractivity contribution is 0.0600. The fourth-order valence-corrected chi connectivity index (χ4v) is 4.00. The van der Waals surface area contributed by atoms with Crippen molar-refractivity contribution in [1.29, 1.82) is 0 Å². The number of methoxy groups -OCH3 is 1. The maximum atomic E-state index is 13.8. The van der Waals surface area contributed by atoms with E-state index in [1.54, 1.807) is 12.1 Å². The second kappa shape index (κ2) is 8.90. The molecule has 0 saturated carbocycles. The molecule has 1 atom stereocenters. The van der Waals surface area contributed by atoms with Crippen LogP contribution >= 0.6 is 34.5 Å². The molecule has 0 spiro atoms. The van der Waals surface area contributed by atoms with Gasteiger partial charge in [0.2, 0.25) is 0 Å². The first-order valence-electron chi connectivity index (χ1n) is 8.45. The molecular weight excluding hydrogens is 438 g/mol. The average Bonchev–Trinajstić information content (AvgIpc) is 3.08. The highest BCUT2D eigenvalue weighted by Crippen LogP contribution is 2.39. The van der Waals surface area contributed by atoms with E-state index in [1.165, 1.54) is 19.2 Å². The van der Waals surface area contributed by atoms with Crippen LogP contribution in [0.15, 0.2) is 42.5 Å². The van der Waals surface area contributed by atoms with Crippen molar-refractivity contribution in [3.8, 4) is 5.75 Å². The smallest absolute Gasteiger partial charge is 0.351 e. The maximum absolute atomic E-state index is 13.8. The molecule has 29 heavy (non-hydrogen) atoms. The van der Waals surface area contributed by atoms with Gasteiger partial charge >= 0.3 is 5.97 Å². The normalized spacial score (nSPS) is 11.8. The highest BCUT2D eigenvalue weighted by molar-refractivity contribution is 7.18. The minimum atomic E-state index is -0.614. The number of carbonyl (C=O) groups is 1. The molecule has 0 bridgehead atoms. The van der Waals surface area contributed by atoms with Gasteiger partial charge in [-0.15, -0.1) is 11.3 Å². The zero-order chi connectivity index (χ0) is 21.1. The summed E-state index contributed by atoms with van der Waals surface area (Å²) in [4.78, 5) is 12.5. The Morgan fingerprint density at radius 1 is 1.21 bits per heavy atom. The van der Waals surface area contributed by atoms with Crippen molar-refractivity contribution >= 4 is 56.9 Å². The Hall–Kier alpha value is -2.48. The topological polar surface area (TPSA) is 73.6 Å². The van der Waals surface area contributed by atoms with E-state index in [9.17, 15) is 9.18 Å². The monoisotopic (exact) mass is 454 g/mol. The number of carbonyl (C=O) groups excluding carboxylic acids is 1. The summed E-state index contributed by atoms with van der Waals surface area (Å²) in [6, 6.07) is 11.4. The lowest BCUT2D eigenvalue weighted by Crippen LogP contribution is -2.07. The lowest BCUT2D eigenvalue weighted by Gasteiger charge is -2.16. The fraction of sp³-hybridized carbons (Fsp3) is 0.150. The minimum absolute atomic E-state index is 0.0768. The average molecular weight is 455 g/mol. The van der Waals surface area contributed by atoms with Gasteiger partial charge in [0.1, 0.15) is 17.7 Å². The Balaban J connectivity index is 1.92. The molecule has 0 aliphatic rings. The van der Waals surface area contributed by atoms with Gasteiger partial charge in [0.15, 0.2) is 4.88 Å². The Labute approximate surface area is 181 Å². The van der Waals surface area contributed by atoms with Crippen molar-refractivity contribution in [1.82, 2.24) is 0 Å². The number of nitrogen functional groups attached to an aromatic ring is 1. The van der Waals surface area contributed by atoms with Gasteiger partial charge in [0.25, 0.3) is 0 Å². The number of thiophene rings is 1. The van der Waals surface area contributed by atoms with Crippen LogP contribution in [0.25, 0.3) is 0 Å². The summed E-state index contributed by atoms with van der Waals surface area (Å²) < 4.78 is 24.6. The van der Waals surface area contributed by atoms with Gasteiger partial charge in [0, 0.05) is 22.7 Å².